The lowest BCUT2D eigenvalue weighted by atomic mass is 10.1. The summed E-state index contributed by atoms with van der Waals surface area (Å²) in [5.41, 5.74) is 0. The SMILES string of the molecule is CC/C=C\C/C=C\C/C=C\C/C=C\C/C=C\CC(=O)OC(COC(=O)CCCCCCCCC/C=C\C/C=C\C/C=C\CC)COP(=O)(O)OCC(CO)OC(=O)CCCCCCCCCCC. The van der Waals surface area contributed by atoms with Gasteiger partial charge in [-0.25, -0.2) is 4.57 Å². The van der Waals surface area contributed by atoms with Crippen molar-refractivity contribution in [3.05, 3.63) is 97.2 Å². The standard InChI is InChI=1S/C56H93O11P/c1-4-7-10-13-16-19-21-23-25-26-28-29-31-34-36-39-42-45-54(58)63-49-53(67-56(60)47-44-41-38-35-32-30-27-24-22-20-17-14-11-8-5-2)51-65-68(61,62)64-50-52(48-57)66-55(59)46-43-40-37-33-18-15-12-9-6-3/h7-8,10-11,16-17,19-20,23-25,27,32,35,41,44,52-53,57H,4-6,9,12-15,18,21-22,26,28-31,33-34,36-40,42-43,45-51H2,1-3H3,(H,61,62)/b10-7-,11-8-,19-16-,20-17-,25-23-,27-24-,35-32-,44-41-. The monoisotopic (exact) mass is 973 g/mol. The van der Waals surface area contributed by atoms with Gasteiger partial charge in [0.05, 0.1) is 26.2 Å². The maximum atomic E-state index is 12.8. The number of aliphatic hydroxyl groups excluding tert-OH is 1. The number of rotatable bonds is 47. The topological polar surface area (TPSA) is 155 Å². The van der Waals surface area contributed by atoms with E-state index in [-0.39, 0.29) is 25.9 Å². The van der Waals surface area contributed by atoms with Crippen LogP contribution in [0.2, 0.25) is 0 Å². The minimum Gasteiger partial charge on any atom is -0.462 e. The summed E-state index contributed by atoms with van der Waals surface area (Å²) in [4.78, 5) is 48.2. The molecule has 68 heavy (non-hydrogen) atoms. The lowest BCUT2D eigenvalue weighted by molar-refractivity contribution is -0.160. The highest BCUT2D eigenvalue weighted by Gasteiger charge is 2.28. The second kappa shape index (κ2) is 49.8. The fraction of sp³-hybridized carbons (Fsp3) is 0.661. The molecule has 12 heteroatoms. The van der Waals surface area contributed by atoms with Crippen LogP contribution in [-0.2, 0) is 42.2 Å². The Morgan fingerprint density at radius 1 is 0.441 bits per heavy atom. The fourth-order valence-electron chi connectivity index (χ4n) is 6.62. The predicted octanol–water partition coefficient (Wildman–Crippen LogP) is 14.9. The van der Waals surface area contributed by atoms with Gasteiger partial charge >= 0.3 is 25.7 Å². The summed E-state index contributed by atoms with van der Waals surface area (Å²) in [6.45, 7) is 4.25. The van der Waals surface area contributed by atoms with Gasteiger partial charge in [-0.3, -0.25) is 23.4 Å². The molecule has 0 aromatic heterocycles. The van der Waals surface area contributed by atoms with E-state index in [4.69, 9.17) is 23.3 Å². The molecule has 388 valence electrons. The molecule has 0 spiro atoms. The molecule has 0 radical (unpaired) electrons. The fourth-order valence-corrected chi connectivity index (χ4v) is 7.41. The van der Waals surface area contributed by atoms with Crippen LogP contribution in [-0.4, -0.2) is 66.5 Å². The molecule has 0 aliphatic rings. The van der Waals surface area contributed by atoms with E-state index in [0.717, 1.165) is 96.3 Å². The number of aliphatic hydroxyl groups is 1. The Bertz CT molecular complexity index is 1510. The van der Waals surface area contributed by atoms with Crippen LogP contribution in [0.3, 0.4) is 0 Å². The van der Waals surface area contributed by atoms with Crippen LogP contribution in [0.15, 0.2) is 97.2 Å². The van der Waals surface area contributed by atoms with E-state index in [1.54, 1.807) is 6.08 Å². The first kappa shape index (κ1) is 64.4. The third-order valence-corrected chi connectivity index (χ3v) is 11.5. The van der Waals surface area contributed by atoms with E-state index < -0.39 is 57.8 Å². The average molecular weight is 973 g/mol. The number of carbonyl (C=O) groups excluding carboxylic acids is 3. The summed E-state index contributed by atoms with van der Waals surface area (Å²) in [5.74, 6) is -1.64. The maximum Gasteiger partial charge on any atom is 0.472 e. The number of hydrogen-bond donors (Lipinski definition) is 2. The molecule has 0 aliphatic heterocycles. The van der Waals surface area contributed by atoms with E-state index in [1.165, 1.54) is 44.9 Å². The second-order valence-corrected chi connectivity index (χ2v) is 18.4. The van der Waals surface area contributed by atoms with Crippen molar-refractivity contribution in [2.75, 3.05) is 26.4 Å². The van der Waals surface area contributed by atoms with Crippen LogP contribution in [0.1, 0.15) is 201 Å². The van der Waals surface area contributed by atoms with Crippen molar-refractivity contribution in [2.24, 2.45) is 0 Å². The van der Waals surface area contributed by atoms with Gasteiger partial charge in [0, 0.05) is 12.8 Å². The van der Waals surface area contributed by atoms with Gasteiger partial charge in [-0.2, -0.15) is 0 Å². The lowest BCUT2D eigenvalue weighted by Gasteiger charge is -2.21. The average Bonchev–Trinajstić information content (AvgIpc) is 3.32. The molecule has 3 unspecified atom stereocenters. The quantitative estimate of drug-likeness (QED) is 0.0197. The lowest BCUT2D eigenvalue weighted by Crippen LogP contribution is -2.30. The summed E-state index contributed by atoms with van der Waals surface area (Å²) in [7, 11) is -4.77. The van der Waals surface area contributed by atoms with Crippen molar-refractivity contribution in [1.82, 2.24) is 0 Å². The maximum absolute atomic E-state index is 12.8. The Morgan fingerprint density at radius 2 is 0.824 bits per heavy atom. The van der Waals surface area contributed by atoms with Gasteiger partial charge in [-0.15, -0.1) is 0 Å². The summed E-state index contributed by atoms with van der Waals surface area (Å²) in [6, 6.07) is 0. The number of allylic oxidation sites excluding steroid dienone is 15. The third-order valence-electron chi connectivity index (χ3n) is 10.5. The van der Waals surface area contributed by atoms with Gasteiger partial charge < -0.3 is 24.2 Å². The molecule has 0 amide bonds. The van der Waals surface area contributed by atoms with Crippen LogP contribution in [0.5, 0.6) is 0 Å². The molecule has 2 N–H and O–H groups in total. The Labute approximate surface area is 412 Å². The molecule has 3 atom stereocenters. The summed E-state index contributed by atoms with van der Waals surface area (Å²) in [5, 5.41) is 9.74. The Balaban J connectivity index is 4.87. The van der Waals surface area contributed by atoms with Crippen LogP contribution in [0.25, 0.3) is 0 Å². The van der Waals surface area contributed by atoms with Crippen molar-refractivity contribution in [3.63, 3.8) is 0 Å². The largest absolute Gasteiger partial charge is 0.472 e. The number of ether oxygens (including phenoxy) is 3. The van der Waals surface area contributed by atoms with Crippen molar-refractivity contribution in [1.29, 1.82) is 0 Å². The van der Waals surface area contributed by atoms with E-state index in [9.17, 15) is 28.9 Å². The van der Waals surface area contributed by atoms with Crippen LogP contribution >= 0.6 is 7.82 Å². The van der Waals surface area contributed by atoms with E-state index in [1.807, 2.05) is 18.2 Å². The molecular formula is C56H93O11P. The van der Waals surface area contributed by atoms with Gasteiger partial charge in [0.2, 0.25) is 0 Å². The molecule has 0 aromatic carbocycles. The van der Waals surface area contributed by atoms with Crippen LogP contribution in [0, 0.1) is 0 Å². The van der Waals surface area contributed by atoms with Crippen molar-refractivity contribution in [2.45, 2.75) is 213 Å². The number of hydrogen-bond acceptors (Lipinski definition) is 10. The Morgan fingerprint density at radius 3 is 1.29 bits per heavy atom. The molecule has 11 nitrogen and oxygen atoms in total. The second-order valence-electron chi connectivity index (χ2n) is 16.9. The Hall–Kier alpha value is -3.60. The molecule has 0 aliphatic carbocycles. The molecule has 0 saturated carbocycles. The number of unbranched alkanes of at least 4 members (excludes halogenated alkanes) is 15. The third kappa shape index (κ3) is 47.5. The first-order valence-electron chi connectivity index (χ1n) is 26.1. The van der Waals surface area contributed by atoms with Gasteiger partial charge in [0.15, 0.2) is 6.10 Å². The number of esters is 3. The zero-order chi connectivity index (χ0) is 49.9. The van der Waals surface area contributed by atoms with Crippen molar-refractivity contribution in [3.8, 4) is 0 Å². The minimum atomic E-state index is -4.77. The van der Waals surface area contributed by atoms with Gasteiger partial charge in [0.1, 0.15) is 12.7 Å². The number of phosphoric ester groups is 1. The number of phosphoric acid groups is 1. The molecular weight excluding hydrogens is 880 g/mol. The summed E-state index contributed by atoms with van der Waals surface area (Å²) >= 11 is 0. The first-order chi connectivity index (χ1) is 33.2. The summed E-state index contributed by atoms with van der Waals surface area (Å²) < 4.78 is 39.2. The van der Waals surface area contributed by atoms with E-state index in [0.29, 0.717) is 19.3 Å². The van der Waals surface area contributed by atoms with Gasteiger partial charge in [-0.05, 0) is 77.0 Å². The van der Waals surface area contributed by atoms with Crippen molar-refractivity contribution < 1.29 is 52.2 Å². The molecule has 0 bridgehead atoms. The molecule has 0 fully saturated rings. The highest BCUT2D eigenvalue weighted by atomic mass is 31.2. The highest BCUT2D eigenvalue weighted by Crippen LogP contribution is 2.43. The molecule has 0 heterocycles. The highest BCUT2D eigenvalue weighted by molar-refractivity contribution is 7.47. The van der Waals surface area contributed by atoms with Crippen LogP contribution in [0.4, 0.5) is 0 Å². The minimum absolute atomic E-state index is 0.0699. The zero-order valence-electron chi connectivity index (χ0n) is 42.5. The smallest absolute Gasteiger partial charge is 0.462 e. The summed E-state index contributed by atoms with van der Waals surface area (Å²) in [6.07, 6.45) is 57.0. The van der Waals surface area contributed by atoms with Gasteiger partial charge in [0.25, 0.3) is 0 Å². The molecule has 0 saturated heterocycles. The Kier molecular flexibility index (Phi) is 47.2. The predicted molar refractivity (Wildman–Crippen MR) is 279 cm³/mol. The number of carbonyl (C=O) groups is 3. The first-order valence-corrected chi connectivity index (χ1v) is 27.6. The molecule has 0 rings (SSSR count). The van der Waals surface area contributed by atoms with Crippen molar-refractivity contribution >= 4 is 25.7 Å². The normalized spacial score (nSPS) is 14.2. The van der Waals surface area contributed by atoms with E-state index >= 15 is 0 Å². The molecule has 0 aromatic rings. The van der Waals surface area contributed by atoms with E-state index in [2.05, 4.69) is 93.7 Å². The van der Waals surface area contributed by atoms with Crippen LogP contribution < -0.4 is 0 Å². The zero-order valence-corrected chi connectivity index (χ0v) is 43.4. The van der Waals surface area contributed by atoms with Gasteiger partial charge in [-0.1, -0.05) is 201 Å².